The van der Waals surface area contributed by atoms with Crippen molar-refractivity contribution in [3.05, 3.63) is 59.9 Å². The molecular formula is C15H13NO2. The number of hydrogen-bond acceptors (Lipinski definition) is 2. The summed E-state index contributed by atoms with van der Waals surface area (Å²) in [5, 5.41) is 0. The summed E-state index contributed by atoms with van der Waals surface area (Å²) in [5.41, 5.74) is 4.92. The van der Waals surface area contributed by atoms with Crippen molar-refractivity contribution < 1.29 is 9.53 Å². The van der Waals surface area contributed by atoms with Crippen LogP contribution in [0.15, 0.2) is 59.9 Å². The van der Waals surface area contributed by atoms with Gasteiger partial charge in [0.1, 0.15) is 6.10 Å². The topological polar surface area (TPSA) is 29.5 Å². The largest absolute Gasteiger partial charge is 0.440 e. The molecule has 1 aliphatic carbocycles. The van der Waals surface area contributed by atoms with Gasteiger partial charge < -0.3 is 4.74 Å². The molecule has 1 heterocycles. The van der Waals surface area contributed by atoms with Gasteiger partial charge in [-0.1, -0.05) is 24.3 Å². The molecular weight excluding hydrogens is 226 g/mol. The second-order valence-corrected chi connectivity index (χ2v) is 4.27. The molecule has 1 unspecified atom stereocenters. The minimum Gasteiger partial charge on any atom is -0.440 e. The lowest BCUT2D eigenvalue weighted by atomic mass is 10.1. The number of benzene rings is 1. The van der Waals surface area contributed by atoms with Crippen LogP contribution in [0.5, 0.6) is 0 Å². The third-order valence-electron chi connectivity index (χ3n) is 3.12. The molecule has 1 aromatic carbocycles. The maximum Gasteiger partial charge on any atom is 0.414 e. The number of nitrogens with zero attached hydrogens (tertiary/aromatic N) is 1. The van der Waals surface area contributed by atoms with E-state index in [0.29, 0.717) is 6.54 Å². The highest BCUT2D eigenvalue weighted by atomic mass is 16.6. The first-order valence-electron chi connectivity index (χ1n) is 6.01. The number of ether oxygens (including phenoxy) is 1. The van der Waals surface area contributed by atoms with Gasteiger partial charge in [0.05, 0.1) is 0 Å². The third kappa shape index (κ3) is 1.96. The molecule has 1 atom stereocenters. The maximum atomic E-state index is 12.0. The molecule has 90 valence electrons. The van der Waals surface area contributed by atoms with E-state index in [1.165, 1.54) is 0 Å². The monoisotopic (exact) mass is 239 g/mol. The average molecular weight is 239 g/mol. The predicted octanol–water partition coefficient (Wildman–Crippen LogP) is 3.05. The molecule has 0 radical (unpaired) electrons. The fourth-order valence-electron chi connectivity index (χ4n) is 2.19. The Morgan fingerprint density at radius 2 is 2.11 bits per heavy atom. The van der Waals surface area contributed by atoms with Gasteiger partial charge in [-0.2, -0.15) is 0 Å². The molecule has 3 rings (SSSR count). The van der Waals surface area contributed by atoms with Crippen molar-refractivity contribution in [2.45, 2.75) is 12.5 Å². The number of para-hydroxylation sites is 1. The zero-order chi connectivity index (χ0) is 12.4. The summed E-state index contributed by atoms with van der Waals surface area (Å²) in [7, 11) is 0. The van der Waals surface area contributed by atoms with Crippen LogP contribution in [0.1, 0.15) is 6.42 Å². The molecule has 1 fully saturated rings. The van der Waals surface area contributed by atoms with Crippen molar-refractivity contribution >= 4 is 11.8 Å². The molecule has 2 aliphatic rings. The fraction of sp³-hybridized carbons (Fsp3) is 0.200. The Bertz CT molecular complexity index is 553. The van der Waals surface area contributed by atoms with Crippen molar-refractivity contribution in [1.82, 2.24) is 0 Å². The van der Waals surface area contributed by atoms with E-state index in [0.717, 1.165) is 17.7 Å². The summed E-state index contributed by atoms with van der Waals surface area (Å²) in [6.07, 6.45) is 6.04. The number of hydrogen-bond donors (Lipinski definition) is 0. The Hall–Kier alpha value is -2.25. The molecule has 3 nitrogen and oxygen atoms in total. The van der Waals surface area contributed by atoms with E-state index >= 15 is 0 Å². The molecule has 3 heteroatoms. The lowest BCUT2D eigenvalue weighted by molar-refractivity contribution is 0.104. The van der Waals surface area contributed by atoms with Crippen LogP contribution >= 0.6 is 0 Å². The van der Waals surface area contributed by atoms with Gasteiger partial charge in [0.15, 0.2) is 0 Å². The Kier molecular flexibility index (Phi) is 2.75. The van der Waals surface area contributed by atoms with E-state index < -0.39 is 0 Å². The normalized spacial score (nSPS) is 22.0. The van der Waals surface area contributed by atoms with Crippen molar-refractivity contribution in [3.63, 3.8) is 0 Å². The van der Waals surface area contributed by atoms with Crippen molar-refractivity contribution in [3.8, 4) is 0 Å². The van der Waals surface area contributed by atoms with Gasteiger partial charge in [0.2, 0.25) is 0 Å². The minimum atomic E-state index is -0.285. The van der Waals surface area contributed by atoms with E-state index in [-0.39, 0.29) is 12.2 Å². The van der Waals surface area contributed by atoms with Crippen LogP contribution in [0.4, 0.5) is 10.5 Å². The molecule has 18 heavy (non-hydrogen) atoms. The van der Waals surface area contributed by atoms with Crippen molar-refractivity contribution in [1.29, 1.82) is 0 Å². The van der Waals surface area contributed by atoms with Gasteiger partial charge in [-0.05, 0) is 24.3 Å². The smallest absolute Gasteiger partial charge is 0.414 e. The molecule has 0 aromatic heterocycles. The van der Waals surface area contributed by atoms with E-state index in [1.54, 1.807) is 4.90 Å². The molecule has 1 amide bonds. The lowest BCUT2D eigenvalue weighted by Crippen LogP contribution is -2.42. The van der Waals surface area contributed by atoms with E-state index in [4.69, 9.17) is 4.74 Å². The van der Waals surface area contributed by atoms with Gasteiger partial charge in [0, 0.05) is 24.2 Å². The van der Waals surface area contributed by atoms with Gasteiger partial charge in [-0.3, -0.25) is 4.90 Å². The molecule has 0 bridgehead atoms. The summed E-state index contributed by atoms with van der Waals surface area (Å²) in [4.78, 5) is 13.7. The van der Waals surface area contributed by atoms with Gasteiger partial charge >= 0.3 is 6.09 Å². The Morgan fingerprint density at radius 3 is 2.78 bits per heavy atom. The highest BCUT2D eigenvalue weighted by Crippen LogP contribution is 2.24. The number of carbonyl (C=O) groups excluding carboxylic acids is 1. The van der Waals surface area contributed by atoms with Gasteiger partial charge in [-0.15, -0.1) is 5.73 Å². The SMILES string of the molecule is O=C1OC(C2=C=CC=C2)CCN1c1ccccc1. The summed E-state index contributed by atoms with van der Waals surface area (Å²) in [5.74, 6) is 0. The highest BCUT2D eigenvalue weighted by molar-refractivity contribution is 5.88. The van der Waals surface area contributed by atoms with Crippen LogP contribution < -0.4 is 4.90 Å². The molecule has 1 aromatic rings. The molecule has 1 saturated heterocycles. The Labute approximate surface area is 106 Å². The summed E-state index contributed by atoms with van der Waals surface area (Å²) in [6.45, 7) is 0.673. The van der Waals surface area contributed by atoms with Crippen molar-refractivity contribution in [2.75, 3.05) is 11.4 Å². The Morgan fingerprint density at radius 1 is 1.28 bits per heavy atom. The molecule has 0 spiro atoms. The number of carbonyl (C=O) groups is 1. The number of allylic oxidation sites excluding steroid dienone is 1. The average Bonchev–Trinajstić information content (AvgIpc) is 2.93. The van der Waals surface area contributed by atoms with Crippen molar-refractivity contribution in [2.24, 2.45) is 0 Å². The third-order valence-corrected chi connectivity index (χ3v) is 3.12. The first-order chi connectivity index (χ1) is 8.84. The highest BCUT2D eigenvalue weighted by Gasteiger charge is 2.29. The van der Waals surface area contributed by atoms with E-state index in [1.807, 2.05) is 48.6 Å². The standard InChI is InChI=1S/C15H13NO2/c17-15-16(13-8-2-1-3-9-13)11-10-14(18-15)12-6-4-5-7-12/h1-6,8-9,14H,10-11H2. The van der Waals surface area contributed by atoms with Crippen LogP contribution in [0.3, 0.4) is 0 Å². The lowest BCUT2D eigenvalue weighted by Gasteiger charge is -2.31. The minimum absolute atomic E-state index is 0.160. The molecule has 1 aliphatic heterocycles. The second-order valence-electron chi connectivity index (χ2n) is 4.27. The van der Waals surface area contributed by atoms with Crippen LogP contribution in [0.25, 0.3) is 0 Å². The molecule has 0 N–H and O–H groups in total. The number of anilines is 1. The predicted molar refractivity (Wildman–Crippen MR) is 69.4 cm³/mol. The van der Waals surface area contributed by atoms with Gasteiger partial charge in [0.25, 0.3) is 0 Å². The van der Waals surface area contributed by atoms with Gasteiger partial charge in [-0.25, -0.2) is 4.79 Å². The maximum absolute atomic E-state index is 12.0. The van der Waals surface area contributed by atoms with Crippen LogP contribution in [0, 0.1) is 0 Å². The first kappa shape index (κ1) is 10.9. The first-order valence-corrected chi connectivity index (χ1v) is 6.01. The van der Waals surface area contributed by atoms with Crippen LogP contribution in [-0.2, 0) is 4.74 Å². The Balaban J connectivity index is 1.75. The summed E-state index contributed by atoms with van der Waals surface area (Å²) in [6, 6.07) is 9.59. The quantitative estimate of drug-likeness (QED) is 0.742. The number of amides is 1. The van der Waals surface area contributed by atoms with Crippen LogP contribution in [0.2, 0.25) is 0 Å². The van der Waals surface area contributed by atoms with E-state index in [2.05, 4.69) is 5.73 Å². The zero-order valence-corrected chi connectivity index (χ0v) is 9.87. The summed E-state index contributed by atoms with van der Waals surface area (Å²) < 4.78 is 5.45. The van der Waals surface area contributed by atoms with E-state index in [9.17, 15) is 4.79 Å². The zero-order valence-electron chi connectivity index (χ0n) is 9.87. The number of rotatable bonds is 2. The summed E-state index contributed by atoms with van der Waals surface area (Å²) >= 11 is 0. The number of cyclic esters (lactones) is 1. The second kappa shape index (κ2) is 4.55. The fourth-order valence-corrected chi connectivity index (χ4v) is 2.19. The molecule has 0 saturated carbocycles. The van der Waals surface area contributed by atoms with Crippen LogP contribution in [-0.4, -0.2) is 18.7 Å².